The number of pyridine rings is 1. The van der Waals surface area contributed by atoms with E-state index in [1.807, 2.05) is 12.1 Å². The quantitative estimate of drug-likeness (QED) is 0.388. The average Bonchev–Trinajstić information content (AvgIpc) is 2.86. The van der Waals surface area contributed by atoms with Crippen LogP contribution in [0.2, 0.25) is 0 Å². The number of anilines is 1. The number of benzene rings is 1. The molecule has 1 aliphatic rings. The number of amides is 1. The van der Waals surface area contributed by atoms with Crippen LogP contribution in [0, 0.1) is 12.8 Å². The molecule has 2 aromatic heterocycles. The predicted octanol–water partition coefficient (Wildman–Crippen LogP) is -1.50. The Balaban J connectivity index is 0.00000342. The van der Waals surface area contributed by atoms with Gasteiger partial charge in [-0.05, 0) is 61.1 Å². The SMILES string of the molecule is Cc1nc(CC2CCN(c3ccc(-c4ccncc4)cc3)CC2)nc(C(=O)NCC(=O)[O-])c1O.[Na+]. The minimum atomic E-state index is -1.42. The Labute approximate surface area is 225 Å². The van der Waals surface area contributed by atoms with Gasteiger partial charge in [0, 0.05) is 37.6 Å². The number of aromatic nitrogens is 3. The molecule has 0 saturated carbocycles. The molecule has 1 saturated heterocycles. The maximum Gasteiger partial charge on any atom is 1.00 e. The van der Waals surface area contributed by atoms with Gasteiger partial charge in [0.2, 0.25) is 0 Å². The molecular formula is C25H26N5NaO4. The number of nitrogens with zero attached hydrogens (tertiary/aromatic N) is 4. The smallest absolute Gasteiger partial charge is 0.548 e. The first-order valence-corrected chi connectivity index (χ1v) is 11.2. The number of piperidine rings is 1. The third kappa shape index (κ3) is 6.78. The van der Waals surface area contributed by atoms with E-state index >= 15 is 0 Å². The van der Waals surface area contributed by atoms with Crippen LogP contribution in [0.3, 0.4) is 0 Å². The van der Waals surface area contributed by atoms with Gasteiger partial charge >= 0.3 is 29.6 Å². The Bertz CT molecular complexity index is 1170. The van der Waals surface area contributed by atoms with Crippen molar-refractivity contribution >= 4 is 17.6 Å². The number of nitrogens with one attached hydrogen (secondary N) is 1. The van der Waals surface area contributed by atoms with Crippen molar-refractivity contribution in [2.45, 2.75) is 26.2 Å². The molecule has 1 aromatic carbocycles. The first-order valence-electron chi connectivity index (χ1n) is 11.2. The first-order chi connectivity index (χ1) is 16.4. The van der Waals surface area contributed by atoms with E-state index in [0.717, 1.165) is 37.1 Å². The van der Waals surface area contributed by atoms with E-state index in [4.69, 9.17) is 0 Å². The van der Waals surface area contributed by atoms with Crippen molar-refractivity contribution in [1.82, 2.24) is 20.3 Å². The van der Waals surface area contributed by atoms with Gasteiger partial charge in [0.1, 0.15) is 5.82 Å². The molecule has 10 heteroatoms. The van der Waals surface area contributed by atoms with E-state index in [-0.39, 0.29) is 46.7 Å². The minimum Gasteiger partial charge on any atom is -0.548 e. The zero-order chi connectivity index (χ0) is 24.1. The molecule has 3 heterocycles. The van der Waals surface area contributed by atoms with Crippen molar-refractivity contribution in [3.63, 3.8) is 0 Å². The summed E-state index contributed by atoms with van der Waals surface area (Å²) in [6.07, 6.45) is 6.05. The van der Waals surface area contributed by atoms with Crippen LogP contribution in [0.15, 0.2) is 48.8 Å². The topological polar surface area (TPSA) is 131 Å². The van der Waals surface area contributed by atoms with Gasteiger partial charge in [-0.1, -0.05) is 12.1 Å². The molecule has 0 aliphatic carbocycles. The molecule has 4 rings (SSSR count). The van der Waals surface area contributed by atoms with Crippen molar-refractivity contribution in [3.05, 3.63) is 66.0 Å². The van der Waals surface area contributed by atoms with Crippen LogP contribution in [0.4, 0.5) is 5.69 Å². The van der Waals surface area contributed by atoms with Gasteiger partial charge in [-0.25, -0.2) is 9.97 Å². The van der Waals surface area contributed by atoms with Crippen LogP contribution in [-0.2, 0) is 11.2 Å². The fourth-order valence-electron chi connectivity index (χ4n) is 4.17. The van der Waals surface area contributed by atoms with Gasteiger partial charge in [-0.3, -0.25) is 9.78 Å². The second kappa shape index (κ2) is 12.1. The zero-order valence-electron chi connectivity index (χ0n) is 19.9. The van der Waals surface area contributed by atoms with Crippen molar-refractivity contribution in [2.75, 3.05) is 24.5 Å². The fourth-order valence-corrected chi connectivity index (χ4v) is 4.17. The molecule has 0 atom stereocenters. The van der Waals surface area contributed by atoms with Gasteiger partial charge in [-0.15, -0.1) is 0 Å². The monoisotopic (exact) mass is 483 g/mol. The van der Waals surface area contributed by atoms with Crippen molar-refractivity contribution in [1.29, 1.82) is 0 Å². The summed E-state index contributed by atoms with van der Waals surface area (Å²) >= 11 is 0. The zero-order valence-corrected chi connectivity index (χ0v) is 21.9. The van der Waals surface area contributed by atoms with Crippen molar-refractivity contribution in [2.24, 2.45) is 5.92 Å². The van der Waals surface area contributed by atoms with Crippen LogP contribution < -0.4 is 44.9 Å². The van der Waals surface area contributed by atoms with E-state index in [9.17, 15) is 19.8 Å². The third-order valence-electron chi connectivity index (χ3n) is 6.04. The van der Waals surface area contributed by atoms with Crippen LogP contribution >= 0.6 is 0 Å². The molecule has 0 radical (unpaired) electrons. The Hall–Kier alpha value is -3.01. The van der Waals surface area contributed by atoms with E-state index < -0.39 is 18.4 Å². The van der Waals surface area contributed by atoms with Gasteiger partial charge in [0.15, 0.2) is 11.4 Å². The summed E-state index contributed by atoms with van der Waals surface area (Å²) in [7, 11) is 0. The fraction of sp³-hybridized carbons (Fsp3) is 0.320. The minimum absolute atomic E-state index is 0. The Morgan fingerprint density at radius 1 is 1.06 bits per heavy atom. The van der Waals surface area contributed by atoms with Crippen molar-refractivity contribution in [3.8, 4) is 16.9 Å². The normalized spacial score (nSPS) is 13.7. The Kier molecular flexibility index (Phi) is 9.20. The molecule has 9 nitrogen and oxygen atoms in total. The van der Waals surface area contributed by atoms with Crippen LogP contribution in [-0.4, -0.2) is 51.6 Å². The summed E-state index contributed by atoms with van der Waals surface area (Å²) in [5.74, 6) is -1.72. The number of hydrogen-bond acceptors (Lipinski definition) is 8. The molecule has 0 bridgehead atoms. The second-order valence-electron chi connectivity index (χ2n) is 8.39. The standard InChI is InChI=1S/C25H27N5O4.Na/c1-16-24(33)23(25(34)27-15-22(31)32)29-21(28-16)14-17-8-12-30(13-9-17)20-4-2-18(3-5-20)19-6-10-26-11-7-19;/h2-7,10-11,17,33H,8-9,12-15H2,1H3,(H,27,34)(H,31,32);/q;+1/p-1. The van der Waals surface area contributed by atoms with Gasteiger partial charge in [-0.2, -0.15) is 0 Å². The number of carboxylic acids is 1. The Morgan fingerprint density at radius 3 is 2.31 bits per heavy atom. The van der Waals surface area contributed by atoms with E-state index in [1.165, 1.54) is 5.69 Å². The molecule has 1 amide bonds. The number of hydrogen-bond donors (Lipinski definition) is 2. The van der Waals surface area contributed by atoms with Crippen molar-refractivity contribution < 1.29 is 49.4 Å². The summed E-state index contributed by atoms with van der Waals surface area (Å²) in [4.78, 5) is 37.8. The number of aliphatic carboxylic acids is 1. The molecule has 0 spiro atoms. The summed E-state index contributed by atoms with van der Waals surface area (Å²) in [6.45, 7) is 2.73. The summed E-state index contributed by atoms with van der Waals surface area (Å²) in [5, 5.41) is 22.9. The number of aryl methyl sites for hydroxylation is 1. The third-order valence-corrected chi connectivity index (χ3v) is 6.04. The van der Waals surface area contributed by atoms with Crippen LogP contribution in [0.5, 0.6) is 5.75 Å². The molecule has 1 aliphatic heterocycles. The first kappa shape index (κ1) is 26.6. The molecule has 3 aromatic rings. The Morgan fingerprint density at radius 2 is 1.69 bits per heavy atom. The van der Waals surface area contributed by atoms with Gasteiger partial charge in [0.05, 0.1) is 18.2 Å². The summed E-state index contributed by atoms with van der Waals surface area (Å²) < 4.78 is 0. The number of carbonyl (C=O) groups is 2. The summed E-state index contributed by atoms with van der Waals surface area (Å²) in [5.41, 5.74) is 3.54. The molecule has 176 valence electrons. The average molecular weight is 484 g/mol. The van der Waals surface area contributed by atoms with Gasteiger partial charge in [0.25, 0.3) is 5.91 Å². The maximum absolute atomic E-state index is 12.2. The largest absolute Gasteiger partial charge is 1.00 e. The van der Waals surface area contributed by atoms with Crippen LogP contribution in [0.1, 0.15) is 34.8 Å². The number of carboxylic acid groups (broad SMARTS) is 1. The van der Waals surface area contributed by atoms with E-state index in [2.05, 4.69) is 49.4 Å². The molecular weight excluding hydrogens is 457 g/mol. The number of carbonyl (C=O) groups excluding carboxylic acids is 2. The molecule has 1 fully saturated rings. The van der Waals surface area contributed by atoms with E-state index in [0.29, 0.717) is 18.2 Å². The second-order valence-corrected chi connectivity index (χ2v) is 8.39. The molecule has 0 unspecified atom stereocenters. The number of aromatic hydroxyl groups is 1. The summed E-state index contributed by atoms with van der Waals surface area (Å²) in [6, 6.07) is 12.5. The van der Waals surface area contributed by atoms with Gasteiger partial charge < -0.3 is 25.2 Å². The van der Waals surface area contributed by atoms with Crippen LogP contribution in [0.25, 0.3) is 11.1 Å². The molecule has 35 heavy (non-hydrogen) atoms. The number of rotatable bonds is 7. The predicted molar refractivity (Wildman–Crippen MR) is 124 cm³/mol. The maximum atomic E-state index is 12.2. The van der Waals surface area contributed by atoms with E-state index in [1.54, 1.807) is 19.3 Å². The molecule has 2 N–H and O–H groups in total.